The molecule has 0 radical (unpaired) electrons. The molecule has 0 saturated carbocycles. The minimum atomic E-state index is -0.629. The second-order valence-electron chi connectivity index (χ2n) is 11.8. The van der Waals surface area contributed by atoms with E-state index in [4.69, 9.17) is 14.2 Å². The number of likely N-dealkylation sites (N-methyl/N-ethyl adjacent to an activating group) is 1. The molecule has 0 fully saturated rings. The molecule has 0 unspecified atom stereocenters. The smallest absolute Gasteiger partial charge is 0.410 e. The number of aromatic nitrogens is 4. The topological polar surface area (TPSA) is 121 Å². The molecular weight excluding hydrogens is 564 g/mol. The summed E-state index contributed by atoms with van der Waals surface area (Å²) in [5.74, 6) is -0.740. The number of carbonyl (C=O) groups is 3. The van der Waals surface area contributed by atoms with Gasteiger partial charge in [-0.1, -0.05) is 0 Å². The molecule has 0 atom stereocenters. The lowest BCUT2D eigenvalue weighted by molar-refractivity contribution is -0.134. The van der Waals surface area contributed by atoms with E-state index in [-0.39, 0.29) is 11.8 Å². The summed E-state index contributed by atoms with van der Waals surface area (Å²) in [6, 6.07) is 7.44. The lowest BCUT2D eigenvalue weighted by Crippen LogP contribution is -2.40. The van der Waals surface area contributed by atoms with Gasteiger partial charge in [0.15, 0.2) is 0 Å². The number of carbonyl (C=O) groups excluding carboxylic acids is 3. The second-order valence-corrected chi connectivity index (χ2v) is 11.8. The summed E-state index contributed by atoms with van der Waals surface area (Å²) >= 11 is 0. The van der Waals surface area contributed by atoms with Gasteiger partial charge < -0.3 is 28.2 Å². The van der Waals surface area contributed by atoms with Crippen LogP contribution in [0.15, 0.2) is 49.1 Å². The zero-order valence-electron chi connectivity index (χ0n) is 25.4. The van der Waals surface area contributed by atoms with Gasteiger partial charge in [-0.2, -0.15) is 0 Å². The van der Waals surface area contributed by atoms with E-state index in [2.05, 4.69) is 9.97 Å². The predicted octanol–water partition coefficient (Wildman–Crippen LogP) is 3.58. The van der Waals surface area contributed by atoms with Crippen LogP contribution in [0.5, 0.6) is 0 Å². The van der Waals surface area contributed by atoms with E-state index in [9.17, 15) is 14.4 Å². The number of pyridine rings is 2. The van der Waals surface area contributed by atoms with Crippen molar-refractivity contribution in [1.82, 2.24) is 28.9 Å². The van der Waals surface area contributed by atoms with E-state index in [0.717, 1.165) is 10.8 Å². The fraction of sp³-hybridized carbons (Fsp3) is 0.406. The standard InChI is InChI=1S/C32H36N6O6/c1-32(2,3)44-31(41)36-11-15-42-17-13-37-19-23(21-7-5-9-33-27(21)37)25-26(30(40)35(4)29(25)39)24-20-38(14-18-43-16-12-36)28-22(24)8-6-10-34-28/h5-10,19-20H,11-18H2,1-4H3. The summed E-state index contributed by atoms with van der Waals surface area (Å²) in [4.78, 5) is 52.2. The molecule has 0 saturated heterocycles. The van der Waals surface area contributed by atoms with Crippen molar-refractivity contribution in [3.05, 3.63) is 60.2 Å². The maximum absolute atomic E-state index is 13.7. The van der Waals surface area contributed by atoms with Gasteiger partial charge in [-0.25, -0.2) is 14.8 Å². The van der Waals surface area contributed by atoms with Crippen molar-refractivity contribution in [3.63, 3.8) is 0 Å². The molecule has 3 amide bonds. The Labute approximate surface area is 254 Å². The maximum Gasteiger partial charge on any atom is 0.410 e. The van der Waals surface area contributed by atoms with Crippen LogP contribution in [0, 0.1) is 0 Å². The summed E-state index contributed by atoms with van der Waals surface area (Å²) in [7, 11) is 1.51. The first-order valence-corrected chi connectivity index (χ1v) is 14.7. The monoisotopic (exact) mass is 600 g/mol. The largest absolute Gasteiger partial charge is 0.444 e. The van der Waals surface area contributed by atoms with Crippen LogP contribution >= 0.6 is 0 Å². The molecule has 12 heteroatoms. The van der Waals surface area contributed by atoms with Gasteiger partial charge in [-0.15, -0.1) is 0 Å². The zero-order valence-corrected chi connectivity index (χ0v) is 25.4. The van der Waals surface area contributed by atoms with Crippen LogP contribution in [0.1, 0.15) is 31.9 Å². The van der Waals surface area contributed by atoms with Crippen LogP contribution < -0.4 is 0 Å². The number of hydrogen-bond donors (Lipinski definition) is 0. The average molecular weight is 601 g/mol. The Kier molecular flexibility index (Phi) is 7.95. The fourth-order valence-corrected chi connectivity index (χ4v) is 5.63. The lowest BCUT2D eigenvalue weighted by atomic mass is 9.96. The van der Waals surface area contributed by atoms with Gasteiger partial charge in [0, 0.05) is 79.9 Å². The molecular formula is C32H36N6O6. The quantitative estimate of drug-likeness (QED) is 0.281. The molecule has 4 aromatic rings. The van der Waals surface area contributed by atoms with Crippen LogP contribution in [0.3, 0.4) is 0 Å². The van der Waals surface area contributed by atoms with Crippen LogP contribution in [-0.2, 0) is 36.9 Å². The molecule has 12 nitrogen and oxygen atoms in total. The van der Waals surface area contributed by atoms with Gasteiger partial charge in [0.05, 0.1) is 37.6 Å². The highest BCUT2D eigenvalue weighted by molar-refractivity contribution is 6.50. The third-order valence-corrected chi connectivity index (χ3v) is 7.71. The number of nitrogens with zero attached hydrogens (tertiary/aromatic N) is 6. The molecule has 6 rings (SSSR count). The van der Waals surface area contributed by atoms with Crippen molar-refractivity contribution in [2.24, 2.45) is 0 Å². The highest BCUT2D eigenvalue weighted by Crippen LogP contribution is 2.40. The molecule has 2 aliphatic rings. The molecule has 4 aromatic heterocycles. The van der Waals surface area contributed by atoms with E-state index in [1.807, 2.05) is 66.6 Å². The Morgan fingerprint density at radius 1 is 0.773 bits per heavy atom. The first-order valence-electron chi connectivity index (χ1n) is 14.7. The molecule has 2 aliphatic heterocycles. The van der Waals surface area contributed by atoms with Crippen molar-refractivity contribution in [1.29, 1.82) is 0 Å². The van der Waals surface area contributed by atoms with Crippen molar-refractivity contribution in [2.45, 2.75) is 39.5 Å². The third-order valence-electron chi connectivity index (χ3n) is 7.71. The zero-order chi connectivity index (χ0) is 31.0. The maximum atomic E-state index is 13.7. The number of rotatable bonds is 0. The Bertz CT molecular complexity index is 1670. The average Bonchev–Trinajstić information content (AvgIpc) is 3.60. The fourth-order valence-electron chi connectivity index (χ4n) is 5.63. The summed E-state index contributed by atoms with van der Waals surface area (Å²) < 4.78 is 21.4. The van der Waals surface area contributed by atoms with Crippen molar-refractivity contribution in [3.8, 4) is 0 Å². The number of fused-ring (bicyclic) bond motifs is 12. The Morgan fingerprint density at radius 3 is 1.68 bits per heavy atom. The molecule has 230 valence electrons. The van der Waals surface area contributed by atoms with E-state index in [1.54, 1.807) is 17.3 Å². The molecule has 0 spiro atoms. The summed E-state index contributed by atoms with van der Waals surface area (Å²) in [6.45, 7) is 8.36. The van der Waals surface area contributed by atoms with E-state index in [0.29, 0.717) is 86.2 Å². The minimum absolute atomic E-state index is 0.301. The predicted molar refractivity (Wildman–Crippen MR) is 164 cm³/mol. The first-order chi connectivity index (χ1) is 21.1. The van der Waals surface area contributed by atoms with Gasteiger partial charge in [0.2, 0.25) is 0 Å². The number of imide groups is 1. The number of ether oxygens (including phenoxy) is 3. The van der Waals surface area contributed by atoms with Crippen LogP contribution in [0.2, 0.25) is 0 Å². The normalized spacial score (nSPS) is 17.5. The molecule has 6 heterocycles. The lowest BCUT2D eigenvalue weighted by Gasteiger charge is -2.27. The van der Waals surface area contributed by atoms with Gasteiger partial charge in [0.25, 0.3) is 11.8 Å². The van der Waals surface area contributed by atoms with Crippen molar-refractivity contribution in [2.75, 3.05) is 46.6 Å². The van der Waals surface area contributed by atoms with Crippen LogP contribution in [0.25, 0.3) is 33.2 Å². The Morgan fingerprint density at radius 2 is 1.23 bits per heavy atom. The molecule has 0 aromatic carbocycles. The van der Waals surface area contributed by atoms with Gasteiger partial charge in [-0.05, 0) is 45.0 Å². The third kappa shape index (κ3) is 5.58. The SMILES string of the molecule is CN1C(=O)C2=C(C1=O)c1cn(c3ncccc13)CCOCCN(C(=O)OC(C)(C)C)CCOCCn1cc2c2cccnc21. The minimum Gasteiger partial charge on any atom is -0.444 e. The Hall–Kier alpha value is -4.55. The molecule has 0 aliphatic carbocycles. The second kappa shape index (κ2) is 11.9. The highest BCUT2D eigenvalue weighted by atomic mass is 16.6. The van der Waals surface area contributed by atoms with Crippen molar-refractivity contribution < 1.29 is 28.6 Å². The molecule has 4 bridgehead atoms. The molecule has 44 heavy (non-hydrogen) atoms. The van der Waals surface area contributed by atoms with Gasteiger partial charge in [0.1, 0.15) is 16.9 Å². The van der Waals surface area contributed by atoms with Crippen molar-refractivity contribution >= 4 is 51.1 Å². The van der Waals surface area contributed by atoms with E-state index >= 15 is 0 Å². The summed E-state index contributed by atoms with van der Waals surface area (Å²) in [5, 5.41) is 1.52. The van der Waals surface area contributed by atoms with Crippen LogP contribution in [-0.4, -0.2) is 99.0 Å². The first kappa shape index (κ1) is 29.5. The van der Waals surface area contributed by atoms with E-state index < -0.39 is 11.7 Å². The van der Waals surface area contributed by atoms with Gasteiger partial charge in [-0.3, -0.25) is 14.5 Å². The number of hydrogen-bond acceptors (Lipinski definition) is 8. The number of amides is 3. The van der Waals surface area contributed by atoms with E-state index in [1.165, 1.54) is 11.9 Å². The Balaban J connectivity index is 1.43. The summed E-state index contributed by atoms with van der Waals surface area (Å²) in [6.07, 6.45) is 6.71. The van der Waals surface area contributed by atoms with Crippen LogP contribution in [0.4, 0.5) is 4.79 Å². The van der Waals surface area contributed by atoms with Gasteiger partial charge >= 0.3 is 6.09 Å². The summed E-state index contributed by atoms with van der Waals surface area (Å²) in [5.41, 5.74) is 2.66. The molecule has 0 N–H and O–H groups in total. The highest BCUT2D eigenvalue weighted by Gasteiger charge is 2.40.